The Balaban J connectivity index is 1.48. The molecule has 178 valence electrons. The first kappa shape index (κ1) is 21.6. The molecular weight excluding hydrogens is 441 g/mol. The van der Waals surface area contributed by atoms with Crippen molar-refractivity contribution in [2.75, 3.05) is 6.54 Å². The van der Waals surface area contributed by atoms with E-state index in [0.29, 0.717) is 30.5 Å². The predicted octanol–water partition coefficient (Wildman–Crippen LogP) is 5.55. The normalized spacial score (nSPS) is 24.5. The molecule has 2 aliphatic carbocycles. The number of piperidine rings is 1. The highest BCUT2D eigenvalue weighted by Gasteiger charge is 2.42. The first-order chi connectivity index (χ1) is 16.3. The summed E-state index contributed by atoms with van der Waals surface area (Å²) in [5, 5.41) is 4.22. The molecule has 0 unspecified atom stereocenters. The molecule has 8 heteroatoms. The van der Waals surface area contributed by atoms with Gasteiger partial charge in [0.2, 0.25) is 0 Å². The Labute approximate surface area is 196 Å². The van der Waals surface area contributed by atoms with Gasteiger partial charge in [0.05, 0.1) is 5.69 Å². The van der Waals surface area contributed by atoms with Crippen LogP contribution in [-0.4, -0.2) is 38.0 Å². The maximum Gasteiger partial charge on any atom is 0.433 e. The van der Waals surface area contributed by atoms with Gasteiger partial charge in [-0.3, -0.25) is 4.79 Å². The van der Waals surface area contributed by atoms with Gasteiger partial charge in [-0.05, 0) is 55.9 Å². The Kier molecular flexibility index (Phi) is 4.97. The number of rotatable bonds is 1. The van der Waals surface area contributed by atoms with Crippen LogP contribution in [-0.2, 0) is 19.0 Å². The number of nitrogens with zero attached hydrogens (tertiary/aromatic N) is 4. The highest BCUT2D eigenvalue weighted by atomic mass is 19.4. The van der Waals surface area contributed by atoms with E-state index in [0.717, 1.165) is 41.3 Å². The van der Waals surface area contributed by atoms with Crippen molar-refractivity contribution in [3.63, 3.8) is 0 Å². The van der Waals surface area contributed by atoms with E-state index in [-0.39, 0.29) is 35.3 Å². The van der Waals surface area contributed by atoms with Crippen molar-refractivity contribution in [1.29, 1.82) is 0 Å². The lowest BCUT2D eigenvalue weighted by molar-refractivity contribution is -0.143. The maximum atomic E-state index is 14.3. The van der Waals surface area contributed by atoms with E-state index in [2.05, 4.69) is 17.0 Å². The second-order valence-corrected chi connectivity index (χ2v) is 10.0. The molecule has 3 aliphatic rings. The number of halogens is 3. The van der Waals surface area contributed by atoms with Crippen LogP contribution in [0.1, 0.15) is 66.3 Å². The number of benzene rings is 1. The number of hydrogen-bond acceptors (Lipinski definition) is 3. The summed E-state index contributed by atoms with van der Waals surface area (Å²) in [7, 11) is 0. The second kappa shape index (κ2) is 7.82. The van der Waals surface area contributed by atoms with Crippen molar-refractivity contribution in [2.45, 2.75) is 64.1 Å². The number of carbonyl (C=O) groups excluding carboxylic acids is 1. The highest BCUT2D eigenvalue weighted by molar-refractivity contribution is 5.94. The summed E-state index contributed by atoms with van der Waals surface area (Å²) in [6, 6.07) is 9.03. The topological polar surface area (TPSA) is 50.5 Å². The highest BCUT2D eigenvalue weighted by Crippen LogP contribution is 2.42. The molecule has 1 amide bonds. The van der Waals surface area contributed by atoms with Crippen molar-refractivity contribution < 1.29 is 18.0 Å². The molecule has 34 heavy (non-hydrogen) atoms. The summed E-state index contributed by atoms with van der Waals surface area (Å²) in [6.45, 7) is 2.81. The molecule has 1 aliphatic heterocycles. The SMILES string of the molecule is C[C@@H]1CCC[C@H]2CCCN(C(=O)c3cc4nc5c(c(C(F)(F)F)n4n3)CCc3ccccc3-5)[C@@H]21. The third-order valence-corrected chi connectivity index (χ3v) is 8.00. The lowest BCUT2D eigenvalue weighted by atomic mass is 9.73. The van der Waals surface area contributed by atoms with Gasteiger partial charge in [-0.25, -0.2) is 9.50 Å². The molecule has 1 saturated heterocycles. The predicted molar refractivity (Wildman–Crippen MR) is 121 cm³/mol. The second-order valence-electron chi connectivity index (χ2n) is 10.0. The van der Waals surface area contributed by atoms with Crippen LogP contribution >= 0.6 is 0 Å². The van der Waals surface area contributed by atoms with Crippen LogP contribution in [0.4, 0.5) is 13.2 Å². The lowest BCUT2D eigenvalue weighted by Crippen LogP contribution is -2.53. The Morgan fingerprint density at radius 2 is 1.88 bits per heavy atom. The van der Waals surface area contributed by atoms with Crippen LogP contribution in [0.25, 0.3) is 16.9 Å². The van der Waals surface area contributed by atoms with E-state index in [1.807, 2.05) is 29.2 Å². The van der Waals surface area contributed by atoms with Gasteiger partial charge in [0.25, 0.3) is 5.91 Å². The average Bonchev–Trinajstić information content (AvgIpc) is 3.24. The van der Waals surface area contributed by atoms with Crippen LogP contribution in [0.3, 0.4) is 0 Å². The quantitative estimate of drug-likeness (QED) is 0.470. The third-order valence-electron chi connectivity index (χ3n) is 8.00. The fraction of sp³-hybridized carbons (Fsp3) is 0.500. The van der Waals surface area contributed by atoms with E-state index >= 15 is 0 Å². The van der Waals surface area contributed by atoms with Gasteiger partial charge in [0.15, 0.2) is 17.0 Å². The molecule has 0 radical (unpaired) electrons. The molecule has 0 bridgehead atoms. The summed E-state index contributed by atoms with van der Waals surface area (Å²) >= 11 is 0. The van der Waals surface area contributed by atoms with Gasteiger partial charge in [-0.2, -0.15) is 18.3 Å². The zero-order valence-corrected chi connectivity index (χ0v) is 19.1. The summed E-state index contributed by atoms with van der Waals surface area (Å²) in [5.41, 5.74) is 1.51. The van der Waals surface area contributed by atoms with Gasteiger partial charge in [-0.1, -0.05) is 37.6 Å². The molecule has 0 N–H and O–H groups in total. The van der Waals surface area contributed by atoms with Gasteiger partial charge in [0.1, 0.15) is 0 Å². The minimum atomic E-state index is -4.61. The molecule has 3 aromatic rings. The number of fused-ring (bicyclic) bond motifs is 5. The molecule has 5 nitrogen and oxygen atoms in total. The number of hydrogen-bond donors (Lipinski definition) is 0. The summed E-state index contributed by atoms with van der Waals surface area (Å²) < 4.78 is 43.9. The van der Waals surface area contributed by atoms with E-state index in [9.17, 15) is 18.0 Å². The van der Waals surface area contributed by atoms with Crippen LogP contribution < -0.4 is 0 Å². The molecule has 3 heterocycles. The molecule has 2 aromatic heterocycles. The molecular formula is C26H27F3N4O. The van der Waals surface area contributed by atoms with Crippen LogP contribution in [0.2, 0.25) is 0 Å². The van der Waals surface area contributed by atoms with Crippen molar-refractivity contribution in [2.24, 2.45) is 11.8 Å². The fourth-order valence-electron chi connectivity index (χ4n) is 6.56. The Hall–Kier alpha value is -2.90. The smallest absolute Gasteiger partial charge is 0.334 e. The Morgan fingerprint density at radius 3 is 2.71 bits per heavy atom. The summed E-state index contributed by atoms with van der Waals surface area (Å²) in [6.07, 6.45) is 1.52. The largest absolute Gasteiger partial charge is 0.433 e. The van der Waals surface area contributed by atoms with Crippen LogP contribution in [0.5, 0.6) is 0 Å². The molecule has 3 atom stereocenters. The molecule has 1 aromatic carbocycles. The van der Waals surface area contributed by atoms with E-state index in [4.69, 9.17) is 0 Å². The van der Waals surface area contributed by atoms with Gasteiger partial charge in [0, 0.05) is 29.8 Å². The molecule has 1 saturated carbocycles. The lowest BCUT2D eigenvalue weighted by Gasteiger charge is -2.47. The first-order valence-corrected chi connectivity index (χ1v) is 12.2. The monoisotopic (exact) mass is 468 g/mol. The van der Waals surface area contributed by atoms with Crippen molar-refractivity contribution in [1.82, 2.24) is 19.5 Å². The van der Waals surface area contributed by atoms with E-state index < -0.39 is 11.9 Å². The third kappa shape index (κ3) is 3.33. The van der Waals surface area contributed by atoms with Gasteiger partial charge >= 0.3 is 6.18 Å². The minimum Gasteiger partial charge on any atom is -0.334 e. The molecule has 6 rings (SSSR count). The van der Waals surface area contributed by atoms with Gasteiger partial charge in [-0.15, -0.1) is 0 Å². The van der Waals surface area contributed by atoms with E-state index in [1.165, 1.54) is 12.5 Å². The maximum absolute atomic E-state index is 14.3. The number of aromatic nitrogens is 3. The number of carbonyl (C=O) groups is 1. The zero-order chi connectivity index (χ0) is 23.6. The van der Waals surface area contributed by atoms with Crippen molar-refractivity contribution in [3.05, 3.63) is 52.8 Å². The first-order valence-electron chi connectivity index (χ1n) is 12.2. The van der Waals surface area contributed by atoms with E-state index in [1.54, 1.807) is 0 Å². The van der Waals surface area contributed by atoms with Crippen molar-refractivity contribution in [3.8, 4) is 11.3 Å². The number of likely N-dealkylation sites (tertiary alicyclic amines) is 1. The molecule has 0 spiro atoms. The number of amides is 1. The summed E-state index contributed by atoms with van der Waals surface area (Å²) in [5.74, 6) is 0.569. The zero-order valence-electron chi connectivity index (χ0n) is 19.1. The van der Waals surface area contributed by atoms with Crippen molar-refractivity contribution >= 4 is 11.6 Å². The number of aryl methyl sites for hydroxylation is 1. The Bertz CT molecular complexity index is 1280. The number of alkyl halides is 3. The summed E-state index contributed by atoms with van der Waals surface area (Å²) in [4.78, 5) is 20.1. The molecule has 2 fully saturated rings. The Morgan fingerprint density at radius 1 is 1.09 bits per heavy atom. The average molecular weight is 469 g/mol. The minimum absolute atomic E-state index is 0.0482. The van der Waals surface area contributed by atoms with Crippen LogP contribution in [0, 0.1) is 11.8 Å². The standard InChI is InChI=1S/C26H27F3N4O/c1-15-6-4-8-17-9-5-13-32(23(15)17)25(34)20-14-21-30-22-18-10-3-2-7-16(18)11-12-19(22)24(26(27,28)29)33(21)31-20/h2-3,7,10,14-15,17,23H,4-6,8-9,11-13H2,1H3/t15-,17+,23-/m1/s1. The van der Waals surface area contributed by atoms with Gasteiger partial charge < -0.3 is 4.90 Å². The van der Waals surface area contributed by atoms with Crippen LogP contribution in [0.15, 0.2) is 30.3 Å². The fourth-order valence-corrected chi connectivity index (χ4v) is 6.56.